The lowest BCUT2D eigenvalue weighted by atomic mass is 10.0. The van der Waals surface area contributed by atoms with Crippen LogP contribution in [0.1, 0.15) is 91.9 Å². The van der Waals surface area contributed by atoms with Crippen molar-refractivity contribution in [1.82, 2.24) is 5.39 Å². The van der Waals surface area contributed by atoms with E-state index in [0.717, 1.165) is 50.4 Å². The monoisotopic (exact) mass is 547 g/mol. The third-order valence-electron chi connectivity index (χ3n) is 4.72. The number of aliphatic hydroxyl groups is 3. The first-order chi connectivity index (χ1) is 17.2. The van der Waals surface area contributed by atoms with Crippen LogP contribution < -0.4 is 0 Å². The lowest BCUT2D eigenvalue weighted by molar-refractivity contribution is -0.527. The summed E-state index contributed by atoms with van der Waals surface area (Å²) in [7, 11) is -3.84. The van der Waals surface area contributed by atoms with Gasteiger partial charge in [0.2, 0.25) is 0 Å². The molecule has 0 saturated heterocycles. The van der Waals surface area contributed by atoms with E-state index in [2.05, 4.69) is 27.7 Å². The van der Waals surface area contributed by atoms with E-state index in [1.54, 1.807) is 0 Å². The highest BCUT2D eigenvalue weighted by molar-refractivity contribution is 7.47. The van der Waals surface area contributed by atoms with E-state index in [1.165, 1.54) is 25.7 Å². The van der Waals surface area contributed by atoms with Gasteiger partial charge in [0.1, 0.15) is 0 Å². The third-order valence-corrected chi connectivity index (χ3v) is 5.74. The number of rotatable bonds is 25. The fourth-order valence-corrected chi connectivity index (χ4v) is 3.67. The van der Waals surface area contributed by atoms with Crippen LogP contribution in [0.4, 0.5) is 0 Å². The predicted molar refractivity (Wildman–Crippen MR) is 139 cm³/mol. The van der Waals surface area contributed by atoms with E-state index in [0.29, 0.717) is 18.6 Å². The molecule has 0 aromatic carbocycles. The Morgan fingerprint density at radius 3 is 1.22 bits per heavy atom. The summed E-state index contributed by atoms with van der Waals surface area (Å²) in [5, 5.41) is 25.9. The van der Waals surface area contributed by atoms with Gasteiger partial charge in [-0.1, -0.05) is 79.1 Å². The average Bonchev–Trinajstić information content (AvgIpc) is 2.82. The molecule has 0 bridgehead atoms. The Morgan fingerprint density at radius 1 is 0.583 bits per heavy atom. The molecule has 0 aromatic heterocycles. The van der Waals surface area contributed by atoms with Crippen molar-refractivity contribution in [3.8, 4) is 0 Å². The number of hydrogen-bond donors (Lipinski definition) is 4. The van der Waals surface area contributed by atoms with Crippen LogP contribution in [0.2, 0.25) is 0 Å². The van der Waals surface area contributed by atoms with Gasteiger partial charge < -0.3 is 20.2 Å². The molecule has 0 fully saturated rings. The molecule has 0 heterocycles. The van der Waals surface area contributed by atoms with E-state index in [-0.39, 0.29) is 39.6 Å². The highest BCUT2D eigenvalue weighted by Crippen LogP contribution is 2.43. The largest absolute Gasteiger partial charge is 0.472 e. The molecule has 11 nitrogen and oxygen atoms in total. The Morgan fingerprint density at radius 2 is 0.917 bits per heavy atom. The number of hydrogen-bond acceptors (Lipinski definition) is 10. The van der Waals surface area contributed by atoms with Crippen LogP contribution in [0.25, 0.3) is 0 Å². The average molecular weight is 548 g/mol. The molecule has 0 atom stereocenters. The molecule has 4 N–H and O–H groups in total. The second-order valence-electron chi connectivity index (χ2n) is 9.22. The summed E-state index contributed by atoms with van der Waals surface area (Å²) in [6, 6.07) is 0. The Labute approximate surface area is 218 Å². The minimum atomic E-state index is -3.84. The van der Waals surface area contributed by atoms with E-state index in [4.69, 9.17) is 38.9 Å². The Bertz CT molecular complexity index is 441. The molecule has 220 valence electrons. The van der Waals surface area contributed by atoms with Gasteiger partial charge in [0.15, 0.2) is 0 Å². The van der Waals surface area contributed by atoms with Crippen molar-refractivity contribution in [2.75, 3.05) is 52.9 Å². The van der Waals surface area contributed by atoms with Gasteiger partial charge in [-0.25, -0.2) is 19.1 Å². The first kappa shape index (κ1) is 38.0. The van der Waals surface area contributed by atoms with Crippen LogP contribution in [0.5, 0.6) is 0 Å². The lowest BCUT2D eigenvalue weighted by Crippen LogP contribution is -2.28. The number of unbranched alkanes of at least 4 members (excludes halogenated alkanes) is 6. The fourth-order valence-electron chi connectivity index (χ4n) is 2.87. The van der Waals surface area contributed by atoms with Gasteiger partial charge in [0.25, 0.3) is 0 Å². The second-order valence-corrected chi connectivity index (χ2v) is 10.7. The Kier molecular flexibility index (Phi) is 29.4. The smallest absolute Gasteiger partial charge is 0.394 e. The maximum atomic E-state index is 11.7. The summed E-state index contributed by atoms with van der Waals surface area (Å²) >= 11 is 0. The van der Waals surface area contributed by atoms with Gasteiger partial charge in [0, 0.05) is 0 Å². The Hall–Kier alpha value is -0.170. The minimum absolute atomic E-state index is 0.0108. The van der Waals surface area contributed by atoms with E-state index in [9.17, 15) is 9.46 Å². The molecule has 12 heteroatoms. The molecule has 0 unspecified atom stereocenters. The molecule has 0 aliphatic carbocycles. The number of phosphoric ester groups is 1. The number of phosphoric acid groups is 1. The highest BCUT2D eigenvalue weighted by Gasteiger charge is 2.19. The molecular formula is C24H54NO10P. The third kappa shape index (κ3) is 31.9. The van der Waals surface area contributed by atoms with Crippen molar-refractivity contribution in [1.29, 1.82) is 0 Å². The van der Waals surface area contributed by atoms with Crippen molar-refractivity contribution in [2.24, 2.45) is 11.8 Å². The predicted octanol–water partition coefficient (Wildman–Crippen LogP) is 4.39. The van der Waals surface area contributed by atoms with Crippen LogP contribution in [0.15, 0.2) is 0 Å². The van der Waals surface area contributed by atoms with Crippen molar-refractivity contribution in [3.63, 3.8) is 0 Å². The number of nitrogens with zero attached hydrogens (tertiary/aromatic N) is 1. The van der Waals surface area contributed by atoms with Crippen molar-refractivity contribution in [3.05, 3.63) is 0 Å². The van der Waals surface area contributed by atoms with Crippen LogP contribution in [-0.4, -0.2) is 78.5 Å². The van der Waals surface area contributed by atoms with E-state index < -0.39 is 7.82 Å². The van der Waals surface area contributed by atoms with Gasteiger partial charge in [-0.05, 0) is 24.7 Å². The summed E-state index contributed by atoms with van der Waals surface area (Å²) in [5.74, 6) is 1.50. The zero-order valence-corrected chi connectivity index (χ0v) is 23.9. The maximum Gasteiger partial charge on any atom is 0.472 e. The molecule has 0 saturated carbocycles. The van der Waals surface area contributed by atoms with Crippen molar-refractivity contribution >= 4 is 7.82 Å². The molecule has 0 aromatic rings. The van der Waals surface area contributed by atoms with Crippen LogP contribution in [-0.2, 0) is 28.1 Å². The van der Waals surface area contributed by atoms with E-state index >= 15 is 0 Å². The van der Waals surface area contributed by atoms with Crippen LogP contribution >= 0.6 is 7.82 Å². The summed E-state index contributed by atoms with van der Waals surface area (Å²) < 4.78 is 21.7. The SMILES string of the molecule is CC(C)CCCCCCOP(=O)(O)OCCCCCCC(C)C.OCCON(OCCO)OCCO. The zero-order valence-electron chi connectivity index (χ0n) is 23.0. The standard InChI is InChI=1S/C18H39O4P.C6H15NO6/c1-17(2)13-9-5-7-11-15-21-23(19,20)22-16-12-8-6-10-14-18(3)4;8-1-4-11-7(12-5-2-9)13-6-3-10/h17-18H,5-16H2,1-4H3,(H,19,20);8-10H,1-6H2. The number of aliphatic hydroxyl groups excluding tert-OH is 3. The summed E-state index contributed by atoms with van der Waals surface area (Å²) in [4.78, 5) is 23.7. The molecule has 0 aliphatic heterocycles. The van der Waals surface area contributed by atoms with Crippen molar-refractivity contribution < 1.29 is 48.3 Å². The minimum Gasteiger partial charge on any atom is -0.394 e. The highest BCUT2D eigenvalue weighted by atomic mass is 31.2. The van der Waals surface area contributed by atoms with Gasteiger partial charge in [-0.2, -0.15) is 0 Å². The molecule has 36 heavy (non-hydrogen) atoms. The van der Waals surface area contributed by atoms with Crippen LogP contribution in [0, 0.1) is 11.8 Å². The summed E-state index contributed by atoms with van der Waals surface area (Å²) in [5.41, 5.74) is 0. The molecule has 0 aliphatic rings. The topological polar surface area (TPSA) is 147 Å². The summed E-state index contributed by atoms with van der Waals surface area (Å²) in [6.07, 6.45) is 11.0. The van der Waals surface area contributed by atoms with Gasteiger partial charge >= 0.3 is 7.82 Å². The molecule has 0 spiro atoms. The molecule has 0 rings (SSSR count). The van der Waals surface area contributed by atoms with Crippen molar-refractivity contribution in [2.45, 2.75) is 91.9 Å². The Balaban J connectivity index is 0. The fraction of sp³-hybridized carbons (Fsp3) is 1.00. The quantitative estimate of drug-likeness (QED) is 0.0732. The van der Waals surface area contributed by atoms with E-state index in [1.807, 2.05) is 0 Å². The molecule has 0 amide bonds. The summed E-state index contributed by atoms with van der Waals surface area (Å²) in [6.45, 7) is 9.03. The first-order valence-corrected chi connectivity index (χ1v) is 14.8. The first-order valence-electron chi connectivity index (χ1n) is 13.3. The van der Waals surface area contributed by atoms with Crippen LogP contribution in [0.3, 0.4) is 0 Å². The molecular weight excluding hydrogens is 493 g/mol. The molecule has 0 radical (unpaired) electrons. The lowest BCUT2D eigenvalue weighted by Gasteiger charge is -2.17. The van der Waals surface area contributed by atoms with Gasteiger partial charge in [-0.3, -0.25) is 9.05 Å². The zero-order chi connectivity index (χ0) is 27.5. The van der Waals surface area contributed by atoms with Gasteiger partial charge in [0.05, 0.1) is 58.2 Å². The second kappa shape index (κ2) is 27.9. The van der Waals surface area contributed by atoms with Gasteiger partial charge in [-0.15, -0.1) is 0 Å². The maximum absolute atomic E-state index is 11.7. The normalized spacial score (nSPS) is 12.0.